The van der Waals surface area contributed by atoms with Crippen molar-refractivity contribution in [3.05, 3.63) is 77.9 Å². The molecule has 1 atom stereocenters. The number of nitrogens with zero attached hydrogens (tertiary/aromatic N) is 1. The summed E-state index contributed by atoms with van der Waals surface area (Å²) in [6.07, 6.45) is -0.0838. The molecule has 33 heavy (non-hydrogen) atoms. The quantitative estimate of drug-likeness (QED) is 0.521. The van der Waals surface area contributed by atoms with Gasteiger partial charge in [-0.3, -0.25) is 19.3 Å². The number of carbonyl (C=O) groups is 2. The fraction of sp³-hybridized carbons (Fsp3) is 0.208. The zero-order chi connectivity index (χ0) is 23.4. The summed E-state index contributed by atoms with van der Waals surface area (Å²) in [7, 11) is -3.63. The molecule has 3 aromatic rings. The van der Waals surface area contributed by atoms with Crippen molar-refractivity contribution in [2.24, 2.45) is 4.99 Å². The lowest BCUT2D eigenvalue weighted by Crippen LogP contribution is -2.31. The fourth-order valence-electron chi connectivity index (χ4n) is 3.72. The fourth-order valence-corrected chi connectivity index (χ4v) is 4.97. The Morgan fingerprint density at radius 2 is 1.76 bits per heavy atom. The number of aliphatic imine (C=N–C) groups is 1. The van der Waals surface area contributed by atoms with Crippen LogP contribution >= 0.6 is 0 Å². The van der Waals surface area contributed by atoms with E-state index < -0.39 is 28.5 Å². The molecule has 0 aromatic heterocycles. The Morgan fingerprint density at radius 3 is 2.61 bits per heavy atom. The zero-order valence-corrected chi connectivity index (χ0v) is 18.8. The van der Waals surface area contributed by atoms with Gasteiger partial charge in [-0.25, -0.2) is 8.42 Å². The molecule has 2 N–H and O–H groups in total. The molecule has 0 fully saturated rings. The molecular weight excluding hydrogens is 442 g/mol. The lowest BCUT2D eigenvalue weighted by Gasteiger charge is -2.16. The monoisotopic (exact) mass is 465 g/mol. The Balaban J connectivity index is 1.27. The number of esters is 1. The average Bonchev–Trinajstić information content (AvgIpc) is 3.07. The van der Waals surface area contributed by atoms with Gasteiger partial charge in [0.1, 0.15) is 5.84 Å². The van der Waals surface area contributed by atoms with E-state index in [1.165, 1.54) is 6.07 Å². The largest absolute Gasteiger partial charge is 0.456 e. The van der Waals surface area contributed by atoms with Crippen LogP contribution in [-0.2, 0) is 24.3 Å². The molecule has 0 saturated carbocycles. The van der Waals surface area contributed by atoms with E-state index in [9.17, 15) is 18.0 Å². The van der Waals surface area contributed by atoms with E-state index in [4.69, 9.17) is 4.74 Å². The predicted molar refractivity (Wildman–Crippen MR) is 124 cm³/mol. The summed E-state index contributed by atoms with van der Waals surface area (Å²) in [5.74, 6) is -0.811. The first-order valence-corrected chi connectivity index (χ1v) is 11.9. The van der Waals surface area contributed by atoms with Crippen molar-refractivity contribution >= 4 is 38.5 Å². The van der Waals surface area contributed by atoms with Gasteiger partial charge in [0.2, 0.25) is 0 Å². The SMILES string of the molecule is CC(NC(=O)COC(=O)CCN=C1NS(=O)(=O)c2ccccc21)c1cccc2ccccc12. The predicted octanol–water partition coefficient (Wildman–Crippen LogP) is 2.69. The number of rotatable bonds is 7. The Labute approximate surface area is 191 Å². The molecule has 0 bridgehead atoms. The number of fused-ring (bicyclic) bond motifs is 2. The zero-order valence-electron chi connectivity index (χ0n) is 17.9. The molecule has 3 aromatic carbocycles. The van der Waals surface area contributed by atoms with E-state index in [1.807, 2.05) is 49.4 Å². The molecule has 1 unspecified atom stereocenters. The highest BCUT2D eigenvalue weighted by molar-refractivity contribution is 7.90. The van der Waals surface area contributed by atoms with Crippen molar-refractivity contribution in [1.29, 1.82) is 0 Å². The second-order valence-corrected chi connectivity index (χ2v) is 9.25. The third kappa shape index (κ3) is 5.04. The van der Waals surface area contributed by atoms with Gasteiger partial charge in [-0.2, -0.15) is 0 Å². The summed E-state index contributed by atoms with van der Waals surface area (Å²) in [5.41, 5.74) is 1.44. The molecule has 9 heteroatoms. The standard InChI is InChI=1S/C24H23N3O5S/c1-16(18-11-6-8-17-7-2-3-9-19(17)18)26-22(28)15-32-23(29)13-14-25-24-20-10-4-5-12-21(20)33(30,31)27-24/h2-12,16H,13-15H2,1H3,(H,25,27)(H,26,28). The highest BCUT2D eigenvalue weighted by atomic mass is 32.2. The minimum absolute atomic E-state index is 0.0268. The average molecular weight is 466 g/mol. The number of sulfonamides is 1. The summed E-state index contributed by atoms with van der Waals surface area (Å²) >= 11 is 0. The minimum Gasteiger partial charge on any atom is -0.456 e. The van der Waals surface area contributed by atoms with Crippen LogP contribution in [-0.4, -0.2) is 39.3 Å². The lowest BCUT2D eigenvalue weighted by atomic mass is 10.00. The molecule has 0 aliphatic carbocycles. The molecule has 0 spiro atoms. The van der Waals surface area contributed by atoms with E-state index in [1.54, 1.807) is 18.2 Å². The molecular formula is C24H23N3O5S. The highest BCUT2D eigenvalue weighted by Crippen LogP contribution is 2.24. The Kier molecular flexibility index (Phi) is 6.41. The number of carbonyl (C=O) groups excluding carboxylic acids is 2. The van der Waals surface area contributed by atoms with Crippen LogP contribution in [0.25, 0.3) is 10.8 Å². The van der Waals surface area contributed by atoms with Crippen molar-refractivity contribution in [2.45, 2.75) is 24.3 Å². The number of hydrogen-bond donors (Lipinski definition) is 2. The van der Waals surface area contributed by atoms with Crippen LogP contribution in [0.15, 0.2) is 76.6 Å². The summed E-state index contributed by atoms with van der Waals surface area (Å²) in [5, 5.41) is 4.97. The van der Waals surface area contributed by atoms with Gasteiger partial charge < -0.3 is 10.1 Å². The maximum Gasteiger partial charge on any atom is 0.308 e. The van der Waals surface area contributed by atoms with Crippen LogP contribution in [0.4, 0.5) is 0 Å². The van der Waals surface area contributed by atoms with E-state index in [-0.39, 0.29) is 29.7 Å². The molecule has 0 saturated heterocycles. The number of amidine groups is 1. The molecule has 0 radical (unpaired) electrons. The smallest absolute Gasteiger partial charge is 0.308 e. The van der Waals surface area contributed by atoms with Crippen molar-refractivity contribution in [2.75, 3.05) is 13.2 Å². The van der Waals surface area contributed by atoms with Crippen LogP contribution < -0.4 is 10.0 Å². The van der Waals surface area contributed by atoms with Crippen LogP contribution in [0.5, 0.6) is 0 Å². The van der Waals surface area contributed by atoms with Gasteiger partial charge in [0.05, 0.1) is 23.9 Å². The first-order chi connectivity index (χ1) is 15.8. The Bertz CT molecular complexity index is 1350. The molecule has 170 valence electrons. The summed E-state index contributed by atoms with van der Waals surface area (Å²) in [6.45, 7) is 1.50. The van der Waals surface area contributed by atoms with Crippen molar-refractivity contribution in [3.8, 4) is 0 Å². The Hall–Kier alpha value is -3.72. The Morgan fingerprint density at radius 1 is 1.03 bits per heavy atom. The van der Waals surface area contributed by atoms with Gasteiger partial charge in [-0.05, 0) is 35.4 Å². The third-order valence-electron chi connectivity index (χ3n) is 5.28. The second kappa shape index (κ2) is 9.41. The molecule has 1 aliphatic heterocycles. The molecule has 1 amide bonds. The summed E-state index contributed by atoms with van der Waals surface area (Å²) < 4.78 is 31.6. The number of hydrogen-bond acceptors (Lipinski definition) is 6. The van der Waals surface area contributed by atoms with E-state index >= 15 is 0 Å². The summed E-state index contributed by atoms with van der Waals surface area (Å²) in [6, 6.07) is 20.0. The number of nitrogens with one attached hydrogen (secondary N) is 2. The maximum atomic E-state index is 12.3. The number of amides is 1. The lowest BCUT2D eigenvalue weighted by molar-refractivity contribution is -0.148. The van der Waals surface area contributed by atoms with Crippen molar-refractivity contribution in [3.63, 3.8) is 0 Å². The van der Waals surface area contributed by atoms with E-state index in [0.29, 0.717) is 5.56 Å². The first-order valence-electron chi connectivity index (χ1n) is 10.4. The number of ether oxygens (including phenoxy) is 1. The van der Waals surface area contributed by atoms with Crippen LogP contribution in [0.3, 0.4) is 0 Å². The summed E-state index contributed by atoms with van der Waals surface area (Å²) in [4.78, 5) is 28.6. The van der Waals surface area contributed by atoms with Crippen molar-refractivity contribution < 1.29 is 22.7 Å². The molecule has 1 aliphatic rings. The second-order valence-electron chi connectivity index (χ2n) is 7.60. The maximum absolute atomic E-state index is 12.3. The van der Waals surface area contributed by atoms with Gasteiger partial charge in [-0.15, -0.1) is 0 Å². The van der Waals surface area contributed by atoms with Gasteiger partial charge in [0.25, 0.3) is 15.9 Å². The van der Waals surface area contributed by atoms with Gasteiger partial charge in [-0.1, -0.05) is 54.6 Å². The molecule has 8 nitrogen and oxygen atoms in total. The van der Waals surface area contributed by atoms with Crippen LogP contribution in [0.2, 0.25) is 0 Å². The minimum atomic E-state index is -3.63. The van der Waals surface area contributed by atoms with Gasteiger partial charge in [0, 0.05) is 5.56 Å². The molecule has 4 rings (SSSR count). The van der Waals surface area contributed by atoms with Gasteiger partial charge >= 0.3 is 5.97 Å². The van der Waals surface area contributed by atoms with E-state index in [2.05, 4.69) is 15.0 Å². The van der Waals surface area contributed by atoms with E-state index in [0.717, 1.165) is 16.3 Å². The van der Waals surface area contributed by atoms with Crippen LogP contribution in [0, 0.1) is 0 Å². The highest BCUT2D eigenvalue weighted by Gasteiger charge is 2.30. The third-order valence-corrected chi connectivity index (χ3v) is 6.68. The normalized spacial score (nSPS) is 16.1. The van der Waals surface area contributed by atoms with Gasteiger partial charge in [0.15, 0.2) is 6.61 Å². The topological polar surface area (TPSA) is 114 Å². The molecule has 1 heterocycles. The van der Waals surface area contributed by atoms with Crippen molar-refractivity contribution in [1.82, 2.24) is 10.0 Å². The first kappa shape index (κ1) is 22.5. The number of benzene rings is 3. The van der Waals surface area contributed by atoms with Crippen LogP contribution in [0.1, 0.15) is 30.5 Å².